The second-order valence-corrected chi connectivity index (χ2v) is 6.11. The molecule has 1 unspecified atom stereocenters. The van der Waals surface area contributed by atoms with Crippen molar-refractivity contribution in [3.8, 4) is 0 Å². The van der Waals surface area contributed by atoms with Gasteiger partial charge >= 0.3 is 12.0 Å². The first-order valence-corrected chi connectivity index (χ1v) is 7.97. The Morgan fingerprint density at radius 1 is 1.29 bits per heavy atom. The third kappa shape index (κ3) is 4.88. The Hall–Kier alpha value is -1.30. The van der Waals surface area contributed by atoms with Gasteiger partial charge in [0.05, 0.1) is 19.1 Å². The number of nitrogens with one attached hydrogen (secondary N) is 1. The van der Waals surface area contributed by atoms with Crippen LogP contribution in [0.15, 0.2) is 0 Å². The van der Waals surface area contributed by atoms with Gasteiger partial charge in [0, 0.05) is 19.1 Å². The van der Waals surface area contributed by atoms with Gasteiger partial charge in [0.1, 0.15) is 0 Å². The number of amides is 2. The van der Waals surface area contributed by atoms with Crippen LogP contribution < -0.4 is 5.32 Å². The molecule has 0 spiro atoms. The van der Waals surface area contributed by atoms with E-state index in [0.717, 1.165) is 18.8 Å². The van der Waals surface area contributed by atoms with E-state index >= 15 is 0 Å². The zero-order chi connectivity index (χ0) is 15.2. The number of urea groups is 1. The number of carbonyl (C=O) groups is 2. The second-order valence-electron chi connectivity index (χ2n) is 6.11. The van der Waals surface area contributed by atoms with Crippen molar-refractivity contribution >= 4 is 12.0 Å². The third-order valence-corrected chi connectivity index (χ3v) is 4.58. The number of hydrogen-bond donors (Lipinski definition) is 2. The zero-order valence-electron chi connectivity index (χ0n) is 12.7. The molecule has 1 saturated heterocycles. The normalized spacial score (nSPS) is 30.0. The molecule has 0 aromatic carbocycles. The van der Waals surface area contributed by atoms with Gasteiger partial charge in [0.15, 0.2) is 0 Å². The predicted molar refractivity (Wildman–Crippen MR) is 78.1 cm³/mol. The Labute approximate surface area is 125 Å². The number of rotatable bonds is 4. The lowest BCUT2D eigenvalue weighted by molar-refractivity contribution is -0.141. The average Bonchev–Trinajstić information content (AvgIpc) is 2.47. The standard InChI is InChI=1S/C15H26N2O4/c1-2-11-3-5-12(6-4-11)16-15(20)17-7-8-21-13(10-17)9-14(18)19/h11-13H,2-10H2,1H3,(H,16,20)(H,18,19). The lowest BCUT2D eigenvalue weighted by Crippen LogP contribution is -2.52. The Bertz CT molecular complexity index is 367. The van der Waals surface area contributed by atoms with Crippen LogP contribution in [0.25, 0.3) is 0 Å². The van der Waals surface area contributed by atoms with Crippen molar-refractivity contribution in [1.29, 1.82) is 0 Å². The summed E-state index contributed by atoms with van der Waals surface area (Å²) in [5.41, 5.74) is 0. The molecule has 1 heterocycles. The smallest absolute Gasteiger partial charge is 0.317 e. The number of ether oxygens (including phenoxy) is 1. The molecule has 6 heteroatoms. The fourth-order valence-electron chi connectivity index (χ4n) is 3.20. The molecule has 21 heavy (non-hydrogen) atoms. The lowest BCUT2D eigenvalue weighted by Gasteiger charge is -2.35. The van der Waals surface area contributed by atoms with Gasteiger partial charge in [-0.1, -0.05) is 13.3 Å². The van der Waals surface area contributed by atoms with Crippen molar-refractivity contribution in [2.75, 3.05) is 19.7 Å². The summed E-state index contributed by atoms with van der Waals surface area (Å²) in [4.78, 5) is 24.7. The summed E-state index contributed by atoms with van der Waals surface area (Å²) in [6, 6.07) is 0.190. The summed E-state index contributed by atoms with van der Waals surface area (Å²) in [5, 5.41) is 11.9. The van der Waals surface area contributed by atoms with E-state index < -0.39 is 12.1 Å². The van der Waals surface area contributed by atoms with Gasteiger partial charge in [0.25, 0.3) is 0 Å². The van der Waals surface area contributed by atoms with Gasteiger partial charge in [-0.3, -0.25) is 4.79 Å². The van der Waals surface area contributed by atoms with Crippen LogP contribution in [0.2, 0.25) is 0 Å². The van der Waals surface area contributed by atoms with E-state index in [1.54, 1.807) is 4.90 Å². The molecule has 0 radical (unpaired) electrons. The summed E-state index contributed by atoms with van der Waals surface area (Å²) in [7, 11) is 0. The molecule has 0 aromatic heterocycles. The van der Waals surface area contributed by atoms with Crippen molar-refractivity contribution in [3.05, 3.63) is 0 Å². The van der Waals surface area contributed by atoms with Gasteiger partial charge in [-0.25, -0.2) is 4.79 Å². The number of hydrogen-bond acceptors (Lipinski definition) is 3. The highest BCUT2D eigenvalue weighted by atomic mass is 16.5. The molecule has 1 aliphatic carbocycles. The Morgan fingerprint density at radius 2 is 2.00 bits per heavy atom. The first kappa shape index (κ1) is 16.1. The van der Waals surface area contributed by atoms with E-state index in [0.29, 0.717) is 19.7 Å². The maximum Gasteiger partial charge on any atom is 0.317 e. The Kier molecular flexibility index (Phi) is 5.85. The zero-order valence-corrected chi connectivity index (χ0v) is 12.7. The number of morpholine rings is 1. The average molecular weight is 298 g/mol. The first-order valence-electron chi connectivity index (χ1n) is 7.97. The molecule has 2 amide bonds. The predicted octanol–water partition coefficient (Wildman–Crippen LogP) is 1.84. The lowest BCUT2D eigenvalue weighted by atomic mass is 9.84. The molecule has 2 fully saturated rings. The monoisotopic (exact) mass is 298 g/mol. The van der Waals surface area contributed by atoms with Crippen molar-refractivity contribution in [3.63, 3.8) is 0 Å². The minimum absolute atomic E-state index is 0.0502. The number of carbonyl (C=O) groups excluding carboxylic acids is 1. The molecule has 1 saturated carbocycles. The molecule has 2 N–H and O–H groups in total. The second kappa shape index (κ2) is 7.64. The van der Waals surface area contributed by atoms with E-state index in [-0.39, 0.29) is 18.5 Å². The number of aliphatic carboxylic acids is 1. The first-order chi connectivity index (χ1) is 10.1. The number of nitrogens with zero attached hydrogens (tertiary/aromatic N) is 1. The van der Waals surface area contributed by atoms with E-state index in [9.17, 15) is 9.59 Å². The maximum absolute atomic E-state index is 12.3. The summed E-state index contributed by atoms with van der Waals surface area (Å²) in [5.74, 6) is -0.0818. The van der Waals surface area contributed by atoms with Crippen LogP contribution in [0, 0.1) is 5.92 Å². The van der Waals surface area contributed by atoms with Gasteiger partial charge in [-0.2, -0.15) is 0 Å². The van der Waals surface area contributed by atoms with Crippen LogP contribution in [0.4, 0.5) is 4.79 Å². The van der Waals surface area contributed by atoms with Crippen LogP contribution in [-0.2, 0) is 9.53 Å². The molecule has 0 aromatic rings. The largest absolute Gasteiger partial charge is 0.481 e. The van der Waals surface area contributed by atoms with Crippen molar-refractivity contribution in [2.24, 2.45) is 5.92 Å². The van der Waals surface area contributed by atoms with Gasteiger partial charge < -0.3 is 20.1 Å². The van der Waals surface area contributed by atoms with Gasteiger partial charge in [-0.05, 0) is 31.6 Å². The van der Waals surface area contributed by atoms with Crippen molar-refractivity contribution < 1.29 is 19.4 Å². The van der Waals surface area contributed by atoms with Crippen LogP contribution in [-0.4, -0.2) is 53.8 Å². The highest BCUT2D eigenvalue weighted by Gasteiger charge is 2.28. The molecule has 6 nitrogen and oxygen atoms in total. The van der Waals surface area contributed by atoms with Crippen LogP contribution in [0.1, 0.15) is 45.4 Å². The fraction of sp³-hybridized carbons (Fsp3) is 0.867. The quantitative estimate of drug-likeness (QED) is 0.830. The van der Waals surface area contributed by atoms with E-state index in [1.165, 1.54) is 19.3 Å². The minimum atomic E-state index is -0.889. The fourth-order valence-corrected chi connectivity index (χ4v) is 3.20. The number of carboxylic acid groups (broad SMARTS) is 1. The van der Waals surface area contributed by atoms with Crippen LogP contribution >= 0.6 is 0 Å². The summed E-state index contributed by atoms with van der Waals surface area (Å²) in [6.45, 7) is 3.53. The molecule has 0 bridgehead atoms. The van der Waals surface area contributed by atoms with Gasteiger partial charge in [0.2, 0.25) is 0 Å². The minimum Gasteiger partial charge on any atom is -0.481 e. The molecule has 1 atom stereocenters. The maximum atomic E-state index is 12.3. The van der Waals surface area contributed by atoms with E-state index in [1.807, 2.05) is 0 Å². The summed E-state index contributed by atoms with van der Waals surface area (Å²) in [6.07, 6.45) is 5.25. The molecular weight excluding hydrogens is 272 g/mol. The molecule has 1 aliphatic heterocycles. The van der Waals surface area contributed by atoms with Crippen molar-refractivity contribution in [2.45, 2.75) is 57.6 Å². The Balaban J connectivity index is 1.76. The third-order valence-electron chi connectivity index (χ3n) is 4.58. The van der Waals surface area contributed by atoms with E-state index in [2.05, 4.69) is 12.2 Å². The van der Waals surface area contributed by atoms with Crippen LogP contribution in [0.5, 0.6) is 0 Å². The highest BCUT2D eigenvalue weighted by molar-refractivity contribution is 5.75. The molecule has 2 rings (SSSR count). The van der Waals surface area contributed by atoms with Crippen LogP contribution in [0.3, 0.4) is 0 Å². The summed E-state index contributed by atoms with van der Waals surface area (Å²) >= 11 is 0. The van der Waals surface area contributed by atoms with Gasteiger partial charge in [-0.15, -0.1) is 0 Å². The number of carboxylic acids is 1. The topological polar surface area (TPSA) is 78.9 Å². The molecule has 2 aliphatic rings. The highest BCUT2D eigenvalue weighted by Crippen LogP contribution is 2.26. The molecule has 120 valence electrons. The molecular formula is C15H26N2O4. The Morgan fingerprint density at radius 3 is 2.62 bits per heavy atom. The van der Waals surface area contributed by atoms with Crippen molar-refractivity contribution in [1.82, 2.24) is 10.2 Å². The summed E-state index contributed by atoms with van der Waals surface area (Å²) < 4.78 is 5.39. The van der Waals surface area contributed by atoms with E-state index in [4.69, 9.17) is 9.84 Å². The SMILES string of the molecule is CCC1CCC(NC(=O)N2CCOC(CC(=O)O)C2)CC1.